The summed E-state index contributed by atoms with van der Waals surface area (Å²) in [6.07, 6.45) is 7.79. The Bertz CT molecular complexity index is 861. The Labute approximate surface area is 169 Å². The predicted octanol–water partition coefficient (Wildman–Crippen LogP) is 5.98. The summed E-state index contributed by atoms with van der Waals surface area (Å²) in [7, 11) is 0. The van der Waals surface area contributed by atoms with Crippen molar-refractivity contribution in [2.75, 3.05) is 13.1 Å². The van der Waals surface area contributed by atoms with Crippen LogP contribution in [0, 0.1) is 11.3 Å². The van der Waals surface area contributed by atoms with E-state index in [1.807, 2.05) is 18.2 Å². The summed E-state index contributed by atoms with van der Waals surface area (Å²) in [5, 5.41) is 0. The Kier molecular flexibility index (Phi) is 5.39. The van der Waals surface area contributed by atoms with E-state index in [4.69, 9.17) is 0 Å². The minimum atomic E-state index is -0.393. The molecule has 0 spiro atoms. The second-order valence-electron chi connectivity index (χ2n) is 8.65. The first-order valence-electron chi connectivity index (χ1n) is 10.8. The molecule has 1 aliphatic heterocycles. The average molecular weight is 374 g/mol. The first-order chi connectivity index (χ1) is 13.6. The Hall–Kier alpha value is -2.35. The predicted molar refractivity (Wildman–Crippen MR) is 116 cm³/mol. The lowest BCUT2D eigenvalue weighted by Gasteiger charge is -2.44. The van der Waals surface area contributed by atoms with Gasteiger partial charge in [0.25, 0.3) is 0 Å². The number of rotatable bonds is 5. The van der Waals surface area contributed by atoms with Gasteiger partial charge in [-0.2, -0.15) is 0 Å². The summed E-state index contributed by atoms with van der Waals surface area (Å²) in [4.78, 5) is 15.9. The second kappa shape index (κ2) is 7.95. The number of fused-ring (bicyclic) bond motifs is 1. The van der Waals surface area contributed by atoms with E-state index in [-0.39, 0.29) is 0 Å². The Balaban J connectivity index is 1.54. The third-order valence-corrected chi connectivity index (χ3v) is 6.64. The van der Waals surface area contributed by atoms with E-state index in [1.54, 1.807) is 0 Å². The van der Waals surface area contributed by atoms with Gasteiger partial charge in [-0.05, 0) is 55.7 Å². The van der Waals surface area contributed by atoms with Gasteiger partial charge in [0.1, 0.15) is 0 Å². The van der Waals surface area contributed by atoms with Crippen molar-refractivity contribution in [3.63, 3.8) is 0 Å². The van der Waals surface area contributed by atoms with Gasteiger partial charge in [0.2, 0.25) is 0 Å². The molecule has 1 heterocycles. The zero-order chi connectivity index (χ0) is 19.6. The summed E-state index contributed by atoms with van der Waals surface area (Å²) in [6.45, 7) is 6.45. The molecule has 4 rings (SSSR count). The molecular weight excluding hydrogens is 342 g/mol. The fourth-order valence-electron chi connectivity index (χ4n) is 5.06. The molecule has 1 unspecified atom stereocenters. The van der Waals surface area contributed by atoms with E-state index >= 15 is 0 Å². The molecule has 0 amide bonds. The molecule has 1 aliphatic carbocycles. The second-order valence-corrected chi connectivity index (χ2v) is 8.65. The van der Waals surface area contributed by atoms with Crippen LogP contribution in [-0.4, -0.2) is 23.8 Å². The van der Waals surface area contributed by atoms with E-state index < -0.39 is 5.41 Å². The lowest BCUT2D eigenvalue weighted by Crippen LogP contribution is -2.44. The van der Waals surface area contributed by atoms with E-state index in [0.717, 1.165) is 43.0 Å². The normalized spacial score (nSPS) is 22.7. The van der Waals surface area contributed by atoms with Crippen LogP contribution in [0.2, 0.25) is 0 Å². The molecule has 2 aliphatic rings. The molecule has 0 saturated carbocycles. The van der Waals surface area contributed by atoms with Gasteiger partial charge in [-0.15, -0.1) is 0 Å². The lowest BCUT2D eigenvalue weighted by molar-refractivity contribution is 0.0780. The van der Waals surface area contributed by atoms with Gasteiger partial charge in [-0.3, -0.25) is 4.79 Å². The molecule has 0 bridgehead atoms. The molecule has 0 aromatic heterocycles. The van der Waals surface area contributed by atoms with E-state index in [0.29, 0.717) is 5.78 Å². The molecule has 1 fully saturated rings. The number of nitrogens with zero attached hydrogens (tertiary/aromatic N) is 1. The zero-order valence-corrected chi connectivity index (χ0v) is 17.2. The van der Waals surface area contributed by atoms with Crippen LogP contribution < -0.4 is 0 Å². The molecule has 146 valence electrons. The number of carbonyl (C=O) groups excluding carboxylic acids is 1. The van der Waals surface area contributed by atoms with Crippen LogP contribution in [0.4, 0.5) is 0 Å². The molecule has 2 heteroatoms. The molecule has 2 aromatic carbocycles. The first kappa shape index (κ1) is 19.0. The number of benzene rings is 2. The van der Waals surface area contributed by atoms with E-state index in [9.17, 15) is 4.79 Å². The average Bonchev–Trinajstić information content (AvgIpc) is 2.73. The maximum absolute atomic E-state index is 13.4. The van der Waals surface area contributed by atoms with Gasteiger partial charge in [0.05, 0.1) is 5.41 Å². The highest BCUT2D eigenvalue weighted by molar-refractivity contribution is 6.07. The summed E-state index contributed by atoms with van der Waals surface area (Å²) < 4.78 is 0. The smallest absolute Gasteiger partial charge is 0.175 e. The molecule has 2 nitrogen and oxygen atoms in total. The molecule has 0 N–H and O–H groups in total. The summed E-state index contributed by atoms with van der Waals surface area (Å²) in [6, 6.07) is 18.9. The SMILES string of the molecule is CCCC1(C)C(=O)c2ccccc2C=C1N1CCC(Cc2ccccc2)CC1. The number of hydrogen-bond acceptors (Lipinski definition) is 2. The third-order valence-electron chi connectivity index (χ3n) is 6.64. The monoisotopic (exact) mass is 373 g/mol. The highest BCUT2D eigenvalue weighted by Crippen LogP contribution is 2.44. The maximum atomic E-state index is 13.4. The highest BCUT2D eigenvalue weighted by atomic mass is 16.1. The minimum absolute atomic E-state index is 0.300. The topological polar surface area (TPSA) is 20.3 Å². The minimum Gasteiger partial charge on any atom is -0.374 e. The van der Waals surface area contributed by atoms with Crippen molar-refractivity contribution in [2.24, 2.45) is 11.3 Å². The molecule has 1 atom stereocenters. The van der Waals surface area contributed by atoms with E-state index in [1.165, 1.54) is 30.5 Å². The van der Waals surface area contributed by atoms with Crippen molar-refractivity contribution < 1.29 is 4.79 Å². The van der Waals surface area contributed by atoms with Crippen molar-refractivity contribution in [1.82, 2.24) is 4.90 Å². The van der Waals surface area contributed by atoms with Crippen molar-refractivity contribution in [1.29, 1.82) is 0 Å². The van der Waals surface area contributed by atoms with Crippen molar-refractivity contribution >= 4 is 11.9 Å². The maximum Gasteiger partial charge on any atom is 0.175 e. The highest BCUT2D eigenvalue weighted by Gasteiger charge is 2.43. The van der Waals surface area contributed by atoms with Crippen molar-refractivity contribution in [3.8, 4) is 0 Å². The lowest BCUT2D eigenvalue weighted by atomic mass is 9.70. The zero-order valence-electron chi connectivity index (χ0n) is 17.2. The summed E-state index contributed by atoms with van der Waals surface area (Å²) in [5.74, 6) is 1.04. The number of ketones is 1. The quantitative estimate of drug-likeness (QED) is 0.642. The van der Waals surface area contributed by atoms with E-state index in [2.05, 4.69) is 61.2 Å². The third kappa shape index (κ3) is 3.53. The molecule has 28 heavy (non-hydrogen) atoms. The molecule has 0 radical (unpaired) electrons. The standard InChI is InChI=1S/C26H31NO/c1-3-15-26(2)24(19-22-11-7-8-12-23(22)25(26)28)27-16-13-21(14-17-27)18-20-9-5-4-6-10-20/h4-12,19,21H,3,13-18H2,1-2H3. The molecule has 2 aromatic rings. The Morgan fingerprint density at radius 2 is 1.68 bits per heavy atom. The van der Waals surface area contributed by atoms with Crippen LogP contribution in [0.15, 0.2) is 60.3 Å². The largest absolute Gasteiger partial charge is 0.374 e. The van der Waals surface area contributed by atoms with Gasteiger partial charge < -0.3 is 4.90 Å². The number of carbonyl (C=O) groups is 1. The Morgan fingerprint density at radius 1 is 1.00 bits per heavy atom. The number of hydrogen-bond donors (Lipinski definition) is 0. The van der Waals surface area contributed by atoms with Crippen LogP contribution in [0.5, 0.6) is 0 Å². The van der Waals surface area contributed by atoms with Crippen LogP contribution in [0.1, 0.15) is 61.0 Å². The molecule has 1 saturated heterocycles. The number of likely N-dealkylation sites (tertiary alicyclic amines) is 1. The van der Waals surface area contributed by atoms with Crippen molar-refractivity contribution in [2.45, 2.75) is 46.0 Å². The first-order valence-corrected chi connectivity index (χ1v) is 10.8. The van der Waals surface area contributed by atoms with Crippen LogP contribution in [0.25, 0.3) is 6.08 Å². The number of allylic oxidation sites excluding steroid dienone is 1. The van der Waals surface area contributed by atoms with Crippen molar-refractivity contribution in [3.05, 3.63) is 77.0 Å². The Morgan fingerprint density at radius 3 is 2.39 bits per heavy atom. The summed E-state index contributed by atoms with van der Waals surface area (Å²) >= 11 is 0. The van der Waals surface area contributed by atoms with Crippen LogP contribution >= 0.6 is 0 Å². The van der Waals surface area contributed by atoms with Crippen LogP contribution in [-0.2, 0) is 6.42 Å². The van der Waals surface area contributed by atoms with Gasteiger partial charge >= 0.3 is 0 Å². The number of piperidine rings is 1. The molecular formula is C26H31NO. The van der Waals surface area contributed by atoms with Gasteiger partial charge in [-0.25, -0.2) is 0 Å². The summed E-state index contributed by atoms with van der Waals surface area (Å²) in [5.41, 5.74) is 4.27. The number of Topliss-reactive ketones (excluding diaryl/α,β-unsaturated/α-hetero) is 1. The van der Waals surface area contributed by atoms with Crippen LogP contribution in [0.3, 0.4) is 0 Å². The van der Waals surface area contributed by atoms with Gasteiger partial charge in [-0.1, -0.05) is 67.9 Å². The fourth-order valence-corrected chi connectivity index (χ4v) is 5.06. The van der Waals surface area contributed by atoms with Gasteiger partial charge in [0.15, 0.2) is 5.78 Å². The fraction of sp³-hybridized carbons (Fsp3) is 0.423. The van der Waals surface area contributed by atoms with Gasteiger partial charge in [0, 0.05) is 24.4 Å².